The molecule has 2 saturated heterocycles. The van der Waals surface area contributed by atoms with Crippen LogP contribution in [-0.2, 0) is 16.5 Å². The minimum Gasteiger partial charge on any atom is -0.378 e. The average Bonchev–Trinajstić information content (AvgIpc) is 3.16. The van der Waals surface area contributed by atoms with Crippen molar-refractivity contribution in [3.8, 4) is 0 Å². The van der Waals surface area contributed by atoms with Gasteiger partial charge in [0, 0.05) is 45.1 Å². The number of morpholine rings is 2. The summed E-state index contributed by atoms with van der Waals surface area (Å²) < 4.78 is 12.8. The Kier molecular flexibility index (Phi) is 5.31. The van der Waals surface area contributed by atoms with Crippen LogP contribution in [0.25, 0.3) is 0 Å². The van der Waals surface area contributed by atoms with Crippen molar-refractivity contribution in [3.05, 3.63) is 42.2 Å². The Balaban J connectivity index is 1.62. The first-order valence-electron chi connectivity index (χ1n) is 9.44. The van der Waals surface area contributed by atoms with Gasteiger partial charge in [0.1, 0.15) is 5.69 Å². The molecule has 1 aromatic carbocycles. The summed E-state index contributed by atoms with van der Waals surface area (Å²) in [5, 5.41) is 3.10. The van der Waals surface area contributed by atoms with Crippen LogP contribution in [0, 0.1) is 0 Å². The Bertz CT molecular complexity index is 792. The largest absolute Gasteiger partial charge is 0.378 e. The molecule has 7 heteroatoms. The number of carbonyl (C=O) groups excluding carboxylic acids is 1. The number of aryl methyl sites for hydroxylation is 1. The molecule has 0 aliphatic carbocycles. The molecule has 0 atom stereocenters. The number of anilines is 3. The molecule has 7 nitrogen and oxygen atoms in total. The molecule has 2 aliphatic rings. The monoisotopic (exact) mass is 370 g/mol. The number of hydrogen-bond donors (Lipinski definition) is 1. The van der Waals surface area contributed by atoms with Crippen LogP contribution in [0.1, 0.15) is 10.5 Å². The number of carbonyl (C=O) groups is 1. The number of benzene rings is 1. The van der Waals surface area contributed by atoms with Crippen LogP contribution in [0.15, 0.2) is 36.5 Å². The summed E-state index contributed by atoms with van der Waals surface area (Å²) in [7, 11) is 1.87. The molecule has 2 aliphatic heterocycles. The van der Waals surface area contributed by atoms with Crippen molar-refractivity contribution >= 4 is 23.0 Å². The molecule has 144 valence electrons. The Morgan fingerprint density at radius 2 is 1.63 bits per heavy atom. The van der Waals surface area contributed by atoms with Gasteiger partial charge in [0.05, 0.1) is 37.8 Å². The van der Waals surface area contributed by atoms with Gasteiger partial charge in [-0.1, -0.05) is 0 Å². The average molecular weight is 370 g/mol. The third-order valence-corrected chi connectivity index (χ3v) is 5.13. The normalized spacial score (nSPS) is 17.8. The second-order valence-corrected chi connectivity index (χ2v) is 6.86. The van der Waals surface area contributed by atoms with Crippen molar-refractivity contribution in [2.75, 3.05) is 67.7 Å². The first kappa shape index (κ1) is 17.9. The number of hydrogen-bond acceptors (Lipinski definition) is 5. The van der Waals surface area contributed by atoms with E-state index in [0.29, 0.717) is 18.9 Å². The lowest BCUT2D eigenvalue weighted by Gasteiger charge is -2.33. The number of aromatic nitrogens is 1. The van der Waals surface area contributed by atoms with Gasteiger partial charge >= 0.3 is 0 Å². The molecule has 0 radical (unpaired) electrons. The quantitative estimate of drug-likeness (QED) is 0.892. The highest BCUT2D eigenvalue weighted by Gasteiger charge is 2.20. The highest BCUT2D eigenvalue weighted by atomic mass is 16.5. The third kappa shape index (κ3) is 3.94. The standard InChI is InChI=1S/C20H26N4O3/c1-22-6-2-3-18(22)20(25)21-17-5-4-16(23-7-11-26-12-8-23)15-19(17)24-9-13-27-14-10-24/h2-6,15H,7-14H2,1H3,(H,21,25). The zero-order valence-electron chi connectivity index (χ0n) is 15.7. The van der Waals surface area contributed by atoms with Crippen LogP contribution in [0.4, 0.5) is 17.1 Å². The molecule has 1 aromatic heterocycles. The number of nitrogens with zero attached hydrogens (tertiary/aromatic N) is 3. The van der Waals surface area contributed by atoms with Gasteiger partial charge in [0.2, 0.25) is 0 Å². The molecule has 0 unspecified atom stereocenters. The lowest BCUT2D eigenvalue weighted by molar-refractivity contribution is 0.101. The van der Waals surface area contributed by atoms with Gasteiger partial charge in [-0.3, -0.25) is 4.79 Å². The topological polar surface area (TPSA) is 59.0 Å². The van der Waals surface area contributed by atoms with Crippen LogP contribution < -0.4 is 15.1 Å². The smallest absolute Gasteiger partial charge is 0.272 e. The lowest BCUT2D eigenvalue weighted by Crippen LogP contribution is -2.38. The number of nitrogens with one attached hydrogen (secondary N) is 1. The van der Waals surface area contributed by atoms with E-state index in [9.17, 15) is 4.79 Å². The third-order valence-electron chi connectivity index (χ3n) is 5.13. The molecule has 2 aromatic rings. The van der Waals surface area contributed by atoms with Gasteiger partial charge < -0.3 is 29.2 Å². The van der Waals surface area contributed by atoms with Gasteiger partial charge in [-0.15, -0.1) is 0 Å². The van der Waals surface area contributed by atoms with Crippen molar-refractivity contribution in [1.29, 1.82) is 0 Å². The molecule has 27 heavy (non-hydrogen) atoms. The van der Waals surface area contributed by atoms with Crippen LogP contribution in [0.3, 0.4) is 0 Å². The lowest BCUT2D eigenvalue weighted by atomic mass is 10.1. The molecule has 1 amide bonds. The van der Waals surface area contributed by atoms with E-state index >= 15 is 0 Å². The van der Waals surface area contributed by atoms with Crippen LogP contribution in [0.5, 0.6) is 0 Å². The summed E-state index contributed by atoms with van der Waals surface area (Å²) in [6.45, 7) is 6.31. The molecule has 2 fully saturated rings. The molecular weight excluding hydrogens is 344 g/mol. The number of amides is 1. The summed E-state index contributed by atoms with van der Waals surface area (Å²) >= 11 is 0. The van der Waals surface area contributed by atoms with Gasteiger partial charge in [0.25, 0.3) is 5.91 Å². The number of ether oxygens (including phenoxy) is 2. The first-order valence-corrected chi connectivity index (χ1v) is 9.44. The molecule has 0 spiro atoms. The van der Waals surface area contributed by atoms with Crippen molar-refractivity contribution in [3.63, 3.8) is 0 Å². The number of rotatable bonds is 4. The molecule has 0 saturated carbocycles. The summed E-state index contributed by atoms with van der Waals surface area (Å²) in [5.74, 6) is -0.101. The van der Waals surface area contributed by atoms with Crippen molar-refractivity contribution in [1.82, 2.24) is 4.57 Å². The van der Waals surface area contributed by atoms with Crippen LogP contribution in [-0.4, -0.2) is 63.1 Å². The second-order valence-electron chi connectivity index (χ2n) is 6.86. The van der Waals surface area contributed by atoms with E-state index in [-0.39, 0.29) is 5.91 Å². The predicted molar refractivity (Wildman–Crippen MR) is 106 cm³/mol. The summed E-state index contributed by atoms with van der Waals surface area (Å²) in [6, 6.07) is 9.97. The van der Waals surface area contributed by atoms with E-state index in [2.05, 4.69) is 27.2 Å². The van der Waals surface area contributed by atoms with Crippen LogP contribution in [0.2, 0.25) is 0 Å². The zero-order valence-corrected chi connectivity index (χ0v) is 15.7. The fraction of sp³-hybridized carbons (Fsp3) is 0.450. The Morgan fingerprint density at radius 3 is 2.26 bits per heavy atom. The summed E-state index contributed by atoms with van der Waals surface area (Å²) in [6.07, 6.45) is 1.87. The Morgan fingerprint density at radius 1 is 0.963 bits per heavy atom. The van der Waals surface area contributed by atoms with E-state index in [0.717, 1.165) is 56.5 Å². The molecule has 0 bridgehead atoms. The maximum Gasteiger partial charge on any atom is 0.272 e. The Hall–Kier alpha value is -2.51. The Labute approximate surface area is 159 Å². The SMILES string of the molecule is Cn1cccc1C(=O)Nc1ccc(N2CCOCC2)cc1N1CCOCC1. The molecule has 4 rings (SSSR count). The molecular formula is C20H26N4O3. The van der Waals surface area contributed by atoms with Gasteiger partial charge in [-0.2, -0.15) is 0 Å². The second kappa shape index (κ2) is 8.02. The highest BCUT2D eigenvalue weighted by molar-refractivity contribution is 6.05. The predicted octanol–water partition coefficient (Wildman–Crippen LogP) is 1.95. The first-order chi connectivity index (χ1) is 13.2. The fourth-order valence-electron chi connectivity index (χ4n) is 3.59. The molecule has 1 N–H and O–H groups in total. The van der Waals surface area contributed by atoms with Gasteiger partial charge in [-0.25, -0.2) is 0 Å². The summed E-state index contributed by atoms with van der Waals surface area (Å²) in [5.41, 5.74) is 3.68. The van der Waals surface area contributed by atoms with Gasteiger partial charge in [0.15, 0.2) is 0 Å². The maximum atomic E-state index is 12.7. The van der Waals surface area contributed by atoms with Crippen molar-refractivity contribution in [2.45, 2.75) is 0 Å². The van der Waals surface area contributed by atoms with Crippen molar-refractivity contribution in [2.24, 2.45) is 7.05 Å². The van der Waals surface area contributed by atoms with E-state index in [1.54, 1.807) is 0 Å². The van der Waals surface area contributed by atoms with E-state index in [4.69, 9.17) is 9.47 Å². The summed E-state index contributed by atoms with van der Waals surface area (Å²) in [4.78, 5) is 17.3. The van der Waals surface area contributed by atoms with Gasteiger partial charge in [-0.05, 0) is 30.3 Å². The van der Waals surface area contributed by atoms with Crippen molar-refractivity contribution < 1.29 is 14.3 Å². The van der Waals surface area contributed by atoms with E-state index in [1.807, 2.05) is 36.0 Å². The zero-order chi connectivity index (χ0) is 18.6. The minimum absolute atomic E-state index is 0.101. The molecule has 3 heterocycles. The maximum absolute atomic E-state index is 12.7. The van der Waals surface area contributed by atoms with Crippen LogP contribution >= 0.6 is 0 Å². The van der Waals surface area contributed by atoms with E-state index in [1.165, 1.54) is 0 Å². The highest BCUT2D eigenvalue weighted by Crippen LogP contribution is 2.32. The van der Waals surface area contributed by atoms with E-state index < -0.39 is 0 Å². The fourth-order valence-corrected chi connectivity index (χ4v) is 3.59. The minimum atomic E-state index is -0.101.